The molecular weight excluding hydrogens is 242 g/mol. The zero-order valence-electron chi connectivity index (χ0n) is 10.4. The molecule has 0 saturated carbocycles. The van der Waals surface area contributed by atoms with Gasteiger partial charge in [-0.05, 0) is 24.1 Å². The summed E-state index contributed by atoms with van der Waals surface area (Å²) in [6.45, 7) is 0.517. The summed E-state index contributed by atoms with van der Waals surface area (Å²) in [5, 5.41) is 2.39. The summed E-state index contributed by atoms with van der Waals surface area (Å²) in [7, 11) is 0. The molecule has 0 aliphatic carbocycles. The average Bonchev–Trinajstić information content (AvgIpc) is 2.38. The highest BCUT2D eigenvalue weighted by Gasteiger charge is 2.33. The van der Waals surface area contributed by atoms with E-state index in [0.29, 0.717) is 19.4 Å². The van der Waals surface area contributed by atoms with Crippen LogP contribution in [0.2, 0.25) is 0 Å². The third-order valence-electron chi connectivity index (χ3n) is 3.53. The number of hydrogen-bond acceptors (Lipinski definition) is 4. The van der Waals surface area contributed by atoms with E-state index in [-0.39, 0.29) is 17.9 Å². The van der Waals surface area contributed by atoms with Crippen LogP contribution >= 0.6 is 0 Å². The molecule has 19 heavy (non-hydrogen) atoms. The van der Waals surface area contributed by atoms with Crippen molar-refractivity contribution in [2.75, 3.05) is 11.4 Å². The molecule has 0 aromatic heterocycles. The molecule has 1 atom stereocenters. The zero-order valence-corrected chi connectivity index (χ0v) is 10.4. The summed E-state index contributed by atoms with van der Waals surface area (Å²) >= 11 is 0. The van der Waals surface area contributed by atoms with Gasteiger partial charge in [0.2, 0.25) is 11.8 Å². The van der Waals surface area contributed by atoms with Gasteiger partial charge in [0.1, 0.15) is 6.04 Å². The Balaban J connectivity index is 1.95. The minimum atomic E-state index is -0.328. The second-order valence-electron chi connectivity index (χ2n) is 4.87. The van der Waals surface area contributed by atoms with Gasteiger partial charge in [0.05, 0.1) is 6.54 Å². The van der Waals surface area contributed by atoms with Gasteiger partial charge >= 0.3 is 0 Å². The summed E-state index contributed by atoms with van der Waals surface area (Å²) in [4.78, 5) is 25.2. The van der Waals surface area contributed by atoms with Crippen LogP contribution in [0.25, 0.3) is 6.08 Å². The number of hydrogen-bond donors (Lipinski definition) is 2. The molecule has 2 heterocycles. The lowest BCUT2D eigenvalue weighted by Crippen LogP contribution is -2.54. The van der Waals surface area contributed by atoms with Crippen molar-refractivity contribution in [1.29, 1.82) is 0 Å². The van der Waals surface area contributed by atoms with Gasteiger partial charge in [-0.1, -0.05) is 18.2 Å². The number of imide groups is 1. The van der Waals surface area contributed by atoms with Crippen molar-refractivity contribution in [3.63, 3.8) is 0 Å². The number of carbonyl (C=O) groups excluding carboxylic acids is 2. The van der Waals surface area contributed by atoms with E-state index >= 15 is 0 Å². The Hall–Kier alpha value is -2.30. The first kappa shape index (κ1) is 11.8. The summed E-state index contributed by atoms with van der Waals surface area (Å²) in [6, 6.07) is 7.50. The molecule has 2 aliphatic rings. The summed E-state index contributed by atoms with van der Waals surface area (Å²) in [5.74, 6) is -0.434. The average molecular weight is 257 g/mol. The lowest BCUT2D eigenvalue weighted by Gasteiger charge is -2.37. The largest absolute Gasteiger partial charge is 0.401 e. The fraction of sp³-hybridized carbons (Fsp3) is 0.286. The number of benzene rings is 1. The van der Waals surface area contributed by atoms with Crippen molar-refractivity contribution >= 4 is 23.6 Å². The molecule has 3 N–H and O–H groups in total. The van der Waals surface area contributed by atoms with Gasteiger partial charge in [-0.15, -0.1) is 0 Å². The van der Waals surface area contributed by atoms with Crippen molar-refractivity contribution in [3.8, 4) is 0 Å². The molecule has 1 aromatic carbocycles. The van der Waals surface area contributed by atoms with E-state index in [1.807, 2.05) is 35.2 Å². The van der Waals surface area contributed by atoms with Gasteiger partial charge in [-0.25, -0.2) is 0 Å². The van der Waals surface area contributed by atoms with E-state index in [4.69, 9.17) is 5.73 Å². The molecule has 1 fully saturated rings. The predicted molar refractivity (Wildman–Crippen MR) is 72.1 cm³/mol. The lowest BCUT2D eigenvalue weighted by molar-refractivity contribution is -0.134. The van der Waals surface area contributed by atoms with E-state index in [9.17, 15) is 9.59 Å². The van der Waals surface area contributed by atoms with Gasteiger partial charge < -0.3 is 10.6 Å². The number of nitrogens with one attached hydrogen (secondary N) is 1. The number of fused-ring (bicyclic) bond motifs is 1. The van der Waals surface area contributed by atoms with Crippen LogP contribution in [0, 0.1) is 0 Å². The number of anilines is 1. The second-order valence-corrected chi connectivity index (χ2v) is 4.87. The van der Waals surface area contributed by atoms with Gasteiger partial charge in [0.25, 0.3) is 0 Å². The molecule has 5 heteroatoms. The molecule has 2 aliphatic heterocycles. The molecule has 0 radical (unpaired) electrons. The van der Waals surface area contributed by atoms with Crippen molar-refractivity contribution in [1.82, 2.24) is 5.32 Å². The van der Waals surface area contributed by atoms with Crippen molar-refractivity contribution in [2.45, 2.75) is 18.9 Å². The van der Waals surface area contributed by atoms with Crippen LogP contribution in [0.3, 0.4) is 0 Å². The Morgan fingerprint density at radius 3 is 2.84 bits per heavy atom. The number of amides is 2. The highest BCUT2D eigenvalue weighted by Crippen LogP contribution is 2.30. The third-order valence-corrected chi connectivity index (χ3v) is 3.53. The van der Waals surface area contributed by atoms with E-state index in [1.165, 1.54) is 0 Å². The number of piperidine rings is 1. The highest BCUT2D eigenvalue weighted by molar-refractivity contribution is 6.02. The van der Waals surface area contributed by atoms with Crippen molar-refractivity contribution in [3.05, 3.63) is 35.5 Å². The van der Waals surface area contributed by atoms with Gasteiger partial charge in [0.15, 0.2) is 0 Å². The van der Waals surface area contributed by atoms with Crippen LogP contribution in [0.1, 0.15) is 18.4 Å². The molecule has 3 rings (SSSR count). The molecule has 1 aromatic rings. The topological polar surface area (TPSA) is 75.4 Å². The Kier molecular flexibility index (Phi) is 2.74. The van der Waals surface area contributed by atoms with Crippen molar-refractivity contribution < 1.29 is 9.59 Å². The monoisotopic (exact) mass is 257 g/mol. The summed E-state index contributed by atoms with van der Waals surface area (Å²) in [6.07, 6.45) is 2.84. The molecule has 0 spiro atoms. The standard InChI is InChI=1S/C14H15N3O2/c15-10-7-9-3-1-2-4-11(9)17(8-10)12-5-6-13(18)16-14(12)19/h1-4,7,12H,5-6,8,15H2,(H,16,18,19). The fourth-order valence-corrected chi connectivity index (χ4v) is 2.66. The molecule has 2 amide bonds. The molecule has 0 bridgehead atoms. The van der Waals surface area contributed by atoms with Crippen LogP contribution in [0.4, 0.5) is 5.69 Å². The van der Waals surface area contributed by atoms with Crippen LogP contribution in [0.15, 0.2) is 30.0 Å². The Morgan fingerprint density at radius 2 is 2.05 bits per heavy atom. The first-order valence-electron chi connectivity index (χ1n) is 6.30. The number of nitrogens with two attached hydrogens (primary N) is 1. The maximum absolute atomic E-state index is 12.0. The fourth-order valence-electron chi connectivity index (χ4n) is 2.66. The van der Waals surface area contributed by atoms with E-state index < -0.39 is 0 Å². The summed E-state index contributed by atoms with van der Waals surface area (Å²) < 4.78 is 0. The predicted octanol–water partition coefficient (Wildman–Crippen LogP) is 0.611. The lowest BCUT2D eigenvalue weighted by atomic mass is 9.99. The van der Waals surface area contributed by atoms with Crippen molar-refractivity contribution in [2.24, 2.45) is 5.73 Å². The van der Waals surface area contributed by atoms with Gasteiger partial charge in [0, 0.05) is 17.8 Å². The third kappa shape index (κ3) is 2.07. The number of carbonyl (C=O) groups is 2. The van der Waals surface area contributed by atoms with Gasteiger partial charge in [-0.3, -0.25) is 14.9 Å². The minimum absolute atomic E-state index is 0.199. The van der Waals surface area contributed by atoms with Crippen LogP contribution in [0.5, 0.6) is 0 Å². The maximum Gasteiger partial charge on any atom is 0.249 e. The first-order valence-corrected chi connectivity index (χ1v) is 6.30. The first-order chi connectivity index (χ1) is 9.15. The number of para-hydroxylation sites is 1. The summed E-state index contributed by atoms with van der Waals surface area (Å²) in [5.41, 5.74) is 8.67. The maximum atomic E-state index is 12.0. The van der Waals surface area contributed by atoms with Gasteiger partial charge in [-0.2, -0.15) is 0 Å². The second kappa shape index (κ2) is 4.42. The zero-order chi connectivity index (χ0) is 13.4. The SMILES string of the molecule is NC1=Cc2ccccc2N(C2CCC(=O)NC2=O)C1. The number of nitrogens with zero attached hydrogens (tertiary/aromatic N) is 1. The van der Waals surface area contributed by atoms with E-state index in [1.54, 1.807) is 0 Å². The smallest absolute Gasteiger partial charge is 0.249 e. The highest BCUT2D eigenvalue weighted by atomic mass is 16.2. The van der Waals surface area contributed by atoms with Crippen LogP contribution in [-0.4, -0.2) is 24.4 Å². The molecular formula is C14H15N3O2. The van der Waals surface area contributed by atoms with Crippen LogP contribution in [-0.2, 0) is 9.59 Å². The Bertz CT molecular complexity index is 580. The Labute approximate surface area is 111 Å². The van der Waals surface area contributed by atoms with E-state index in [0.717, 1.165) is 16.9 Å². The normalized spacial score (nSPS) is 22.6. The molecule has 98 valence electrons. The molecule has 5 nitrogen and oxygen atoms in total. The minimum Gasteiger partial charge on any atom is -0.401 e. The molecule has 1 saturated heterocycles. The van der Waals surface area contributed by atoms with E-state index in [2.05, 4.69) is 5.32 Å². The van der Waals surface area contributed by atoms with Crippen LogP contribution < -0.4 is 16.0 Å². The number of rotatable bonds is 1. The quantitative estimate of drug-likeness (QED) is 0.723. The molecule has 1 unspecified atom stereocenters. The Morgan fingerprint density at radius 1 is 1.26 bits per heavy atom.